The van der Waals surface area contributed by atoms with E-state index in [2.05, 4.69) is 15.2 Å². The fourth-order valence-electron chi connectivity index (χ4n) is 2.56. The highest BCUT2D eigenvalue weighted by atomic mass is 15.2. The highest BCUT2D eigenvalue weighted by molar-refractivity contribution is 5.43. The first kappa shape index (κ1) is 10.8. The summed E-state index contributed by atoms with van der Waals surface area (Å²) in [6, 6.07) is 4.75. The van der Waals surface area contributed by atoms with Gasteiger partial charge in [-0.25, -0.2) is 4.98 Å². The number of pyridine rings is 1. The molecule has 1 saturated heterocycles. The summed E-state index contributed by atoms with van der Waals surface area (Å²) in [5, 5.41) is 3.40. The predicted molar refractivity (Wildman–Crippen MR) is 69.8 cm³/mol. The zero-order valence-electron chi connectivity index (χ0n) is 10.1. The Labute approximate surface area is 102 Å². The molecule has 1 aliphatic carbocycles. The van der Waals surface area contributed by atoms with Gasteiger partial charge in [-0.05, 0) is 43.9 Å². The van der Waals surface area contributed by atoms with Crippen LogP contribution in [0.4, 0.5) is 11.5 Å². The van der Waals surface area contributed by atoms with Gasteiger partial charge in [0.15, 0.2) is 0 Å². The number of nitrogens with one attached hydrogen (secondary N) is 1. The number of likely N-dealkylation sites (tertiary alicyclic amines) is 1. The quantitative estimate of drug-likeness (QED) is 0.827. The molecule has 0 bridgehead atoms. The third-order valence-electron chi connectivity index (χ3n) is 3.74. The molecule has 0 amide bonds. The van der Waals surface area contributed by atoms with Crippen LogP contribution in [0.15, 0.2) is 18.3 Å². The molecule has 0 aromatic carbocycles. The molecule has 1 aliphatic heterocycles. The van der Waals surface area contributed by atoms with E-state index in [0.29, 0.717) is 0 Å². The number of anilines is 2. The number of rotatable bonds is 4. The third-order valence-corrected chi connectivity index (χ3v) is 3.74. The van der Waals surface area contributed by atoms with Gasteiger partial charge in [0.25, 0.3) is 0 Å². The normalized spacial score (nSPS) is 25.1. The number of hydrogen-bond donors (Lipinski definition) is 2. The SMILES string of the molecule is Nc1ccc(NCC2CCN(C3CC3)C2)nc1. The van der Waals surface area contributed by atoms with Crippen molar-refractivity contribution in [2.24, 2.45) is 5.92 Å². The van der Waals surface area contributed by atoms with Gasteiger partial charge in [0.1, 0.15) is 5.82 Å². The average molecular weight is 232 g/mol. The minimum atomic E-state index is 0.719. The second-order valence-electron chi connectivity index (χ2n) is 5.24. The van der Waals surface area contributed by atoms with Crippen LogP contribution in [0.25, 0.3) is 0 Å². The summed E-state index contributed by atoms with van der Waals surface area (Å²) >= 11 is 0. The second kappa shape index (κ2) is 4.53. The minimum Gasteiger partial charge on any atom is -0.397 e. The molecule has 1 aromatic rings. The zero-order chi connectivity index (χ0) is 11.7. The lowest BCUT2D eigenvalue weighted by Crippen LogP contribution is -2.24. The maximum Gasteiger partial charge on any atom is 0.126 e. The number of nitrogens with zero attached hydrogens (tertiary/aromatic N) is 2. The Morgan fingerprint density at radius 2 is 2.24 bits per heavy atom. The molecule has 0 spiro atoms. The summed E-state index contributed by atoms with van der Waals surface area (Å²) in [6.45, 7) is 3.57. The molecule has 2 heterocycles. The van der Waals surface area contributed by atoms with Gasteiger partial charge in [0.2, 0.25) is 0 Å². The molecule has 17 heavy (non-hydrogen) atoms. The van der Waals surface area contributed by atoms with Crippen LogP contribution < -0.4 is 11.1 Å². The van der Waals surface area contributed by atoms with Crippen molar-refractivity contribution in [3.8, 4) is 0 Å². The van der Waals surface area contributed by atoms with Crippen LogP contribution in [0.1, 0.15) is 19.3 Å². The van der Waals surface area contributed by atoms with Crippen LogP contribution in [0.2, 0.25) is 0 Å². The van der Waals surface area contributed by atoms with Crippen molar-refractivity contribution in [1.82, 2.24) is 9.88 Å². The van der Waals surface area contributed by atoms with Crippen molar-refractivity contribution in [2.45, 2.75) is 25.3 Å². The van der Waals surface area contributed by atoms with Crippen molar-refractivity contribution in [1.29, 1.82) is 0 Å². The lowest BCUT2D eigenvalue weighted by Gasteiger charge is -2.15. The van der Waals surface area contributed by atoms with Gasteiger partial charge in [0, 0.05) is 19.1 Å². The van der Waals surface area contributed by atoms with E-state index < -0.39 is 0 Å². The summed E-state index contributed by atoms with van der Waals surface area (Å²) in [5.74, 6) is 1.71. The molecular formula is C13H20N4. The van der Waals surface area contributed by atoms with Gasteiger partial charge in [-0.1, -0.05) is 0 Å². The summed E-state index contributed by atoms with van der Waals surface area (Å²) in [5.41, 5.74) is 6.33. The zero-order valence-corrected chi connectivity index (χ0v) is 10.1. The largest absolute Gasteiger partial charge is 0.397 e. The number of aromatic nitrogens is 1. The van der Waals surface area contributed by atoms with Gasteiger partial charge >= 0.3 is 0 Å². The summed E-state index contributed by atoms with van der Waals surface area (Å²) in [6.07, 6.45) is 5.85. The van der Waals surface area contributed by atoms with Crippen molar-refractivity contribution in [3.63, 3.8) is 0 Å². The van der Waals surface area contributed by atoms with E-state index in [1.54, 1.807) is 6.20 Å². The van der Waals surface area contributed by atoms with E-state index in [1.807, 2.05) is 12.1 Å². The molecule has 1 atom stereocenters. The van der Waals surface area contributed by atoms with Gasteiger partial charge < -0.3 is 16.0 Å². The Kier molecular flexibility index (Phi) is 2.89. The number of nitrogens with two attached hydrogens (primary N) is 1. The van der Waals surface area contributed by atoms with Gasteiger partial charge in [-0.2, -0.15) is 0 Å². The van der Waals surface area contributed by atoms with Crippen molar-refractivity contribution < 1.29 is 0 Å². The van der Waals surface area contributed by atoms with E-state index in [-0.39, 0.29) is 0 Å². The molecular weight excluding hydrogens is 212 g/mol. The Hall–Kier alpha value is -1.29. The molecule has 4 nitrogen and oxygen atoms in total. The van der Waals surface area contributed by atoms with Crippen molar-refractivity contribution in [3.05, 3.63) is 18.3 Å². The molecule has 92 valence electrons. The van der Waals surface area contributed by atoms with Crippen LogP contribution in [-0.4, -0.2) is 35.6 Å². The molecule has 4 heteroatoms. The molecule has 2 fully saturated rings. The monoisotopic (exact) mass is 232 g/mol. The number of hydrogen-bond acceptors (Lipinski definition) is 4. The van der Waals surface area contributed by atoms with E-state index in [9.17, 15) is 0 Å². The van der Waals surface area contributed by atoms with Crippen LogP contribution in [0.5, 0.6) is 0 Å². The topological polar surface area (TPSA) is 54.2 Å². The molecule has 1 aromatic heterocycles. The first-order valence-electron chi connectivity index (χ1n) is 6.51. The summed E-state index contributed by atoms with van der Waals surface area (Å²) in [7, 11) is 0. The molecule has 3 rings (SSSR count). The first-order chi connectivity index (χ1) is 8.31. The minimum absolute atomic E-state index is 0.719. The average Bonchev–Trinajstić information content (AvgIpc) is 3.09. The highest BCUT2D eigenvalue weighted by Crippen LogP contribution is 2.31. The lowest BCUT2D eigenvalue weighted by molar-refractivity contribution is 0.316. The van der Waals surface area contributed by atoms with E-state index >= 15 is 0 Å². The van der Waals surface area contributed by atoms with E-state index in [0.717, 1.165) is 30.0 Å². The third kappa shape index (κ3) is 2.69. The molecule has 3 N–H and O–H groups in total. The first-order valence-corrected chi connectivity index (χ1v) is 6.51. The van der Waals surface area contributed by atoms with Crippen LogP contribution >= 0.6 is 0 Å². The van der Waals surface area contributed by atoms with Crippen LogP contribution in [-0.2, 0) is 0 Å². The van der Waals surface area contributed by atoms with E-state index in [4.69, 9.17) is 5.73 Å². The molecule has 2 aliphatic rings. The summed E-state index contributed by atoms with van der Waals surface area (Å²) in [4.78, 5) is 6.90. The Morgan fingerprint density at radius 1 is 1.35 bits per heavy atom. The lowest BCUT2D eigenvalue weighted by atomic mass is 10.1. The van der Waals surface area contributed by atoms with E-state index in [1.165, 1.54) is 32.4 Å². The Morgan fingerprint density at radius 3 is 2.94 bits per heavy atom. The number of nitrogen functional groups attached to an aromatic ring is 1. The van der Waals surface area contributed by atoms with Crippen molar-refractivity contribution in [2.75, 3.05) is 30.7 Å². The standard InChI is InChI=1S/C13H20N4/c14-11-1-4-13(16-8-11)15-7-10-5-6-17(9-10)12-2-3-12/h1,4,8,10,12H,2-3,5-7,9,14H2,(H,15,16). The van der Waals surface area contributed by atoms with Crippen LogP contribution in [0, 0.1) is 5.92 Å². The second-order valence-corrected chi connectivity index (χ2v) is 5.24. The summed E-state index contributed by atoms with van der Waals surface area (Å²) < 4.78 is 0. The highest BCUT2D eigenvalue weighted by Gasteiger charge is 2.34. The van der Waals surface area contributed by atoms with Gasteiger partial charge in [0.05, 0.1) is 11.9 Å². The fourth-order valence-corrected chi connectivity index (χ4v) is 2.56. The van der Waals surface area contributed by atoms with Crippen LogP contribution in [0.3, 0.4) is 0 Å². The predicted octanol–water partition coefficient (Wildman–Crippen LogP) is 1.56. The molecule has 0 radical (unpaired) electrons. The Bertz CT molecular complexity index is 372. The van der Waals surface area contributed by atoms with Gasteiger partial charge in [-0.15, -0.1) is 0 Å². The molecule has 1 saturated carbocycles. The van der Waals surface area contributed by atoms with Crippen molar-refractivity contribution >= 4 is 11.5 Å². The van der Waals surface area contributed by atoms with Gasteiger partial charge in [-0.3, -0.25) is 0 Å². The molecule has 1 unspecified atom stereocenters. The smallest absolute Gasteiger partial charge is 0.126 e. The Balaban J connectivity index is 1.46. The fraction of sp³-hybridized carbons (Fsp3) is 0.615. The maximum atomic E-state index is 5.61. The maximum absolute atomic E-state index is 5.61.